The lowest BCUT2D eigenvalue weighted by atomic mass is 10.0. The Morgan fingerprint density at radius 1 is 1.59 bits per heavy atom. The van der Waals surface area contributed by atoms with E-state index in [1.54, 1.807) is 7.11 Å². The van der Waals surface area contributed by atoms with Gasteiger partial charge < -0.3 is 9.47 Å². The molecule has 2 unspecified atom stereocenters. The van der Waals surface area contributed by atoms with Crippen LogP contribution in [0.1, 0.15) is 30.2 Å². The van der Waals surface area contributed by atoms with E-state index in [4.69, 9.17) is 21.1 Å². The first kappa shape index (κ1) is 13.2. The Morgan fingerprint density at radius 3 is 3.06 bits per heavy atom. The Labute approximate surface area is 115 Å². The molecule has 0 spiro atoms. The van der Waals surface area contributed by atoms with Crippen LogP contribution in [-0.4, -0.2) is 19.8 Å². The van der Waals surface area contributed by atoms with E-state index in [9.17, 15) is 0 Å². The van der Waals surface area contributed by atoms with Crippen LogP contribution in [0.4, 0.5) is 0 Å². The Kier molecular flexibility index (Phi) is 4.71. The van der Waals surface area contributed by atoms with Crippen LogP contribution in [-0.2, 0) is 4.74 Å². The highest BCUT2D eigenvalue weighted by molar-refractivity contribution is 9.10. The number of rotatable bonds is 4. The number of benzene rings is 1. The van der Waals surface area contributed by atoms with Crippen LogP contribution in [0.5, 0.6) is 5.75 Å². The molecule has 0 radical (unpaired) electrons. The SMILES string of the molecule is COc1ccc(Br)cc1C(Cl)CC1CCCO1. The molecule has 1 saturated heterocycles. The number of hydrogen-bond donors (Lipinski definition) is 0. The molecule has 0 N–H and O–H groups in total. The zero-order chi connectivity index (χ0) is 12.3. The fourth-order valence-electron chi connectivity index (χ4n) is 2.14. The molecule has 0 amide bonds. The van der Waals surface area contributed by atoms with Crippen molar-refractivity contribution >= 4 is 27.5 Å². The van der Waals surface area contributed by atoms with E-state index in [1.807, 2.05) is 18.2 Å². The summed E-state index contributed by atoms with van der Waals surface area (Å²) in [6, 6.07) is 5.91. The molecule has 2 rings (SSSR count). The Bertz CT molecular complexity index is 378. The van der Waals surface area contributed by atoms with Crippen molar-refractivity contribution in [1.82, 2.24) is 0 Å². The van der Waals surface area contributed by atoms with Crippen molar-refractivity contribution in [2.45, 2.75) is 30.7 Å². The van der Waals surface area contributed by atoms with E-state index in [-0.39, 0.29) is 5.38 Å². The van der Waals surface area contributed by atoms with Crippen LogP contribution in [0.2, 0.25) is 0 Å². The highest BCUT2D eigenvalue weighted by Crippen LogP contribution is 2.36. The average molecular weight is 320 g/mol. The lowest BCUT2D eigenvalue weighted by molar-refractivity contribution is 0.103. The van der Waals surface area contributed by atoms with Gasteiger partial charge in [0.05, 0.1) is 18.6 Å². The molecule has 1 aliphatic rings. The summed E-state index contributed by atoms with van der Waals surface area (Å²) in [5.74, 6) is 0.839. The van der Waals surface area contributed by atoms with E-state index in [0.29, 0.717) is 6.10 Å². The number of halogens is 2. The van der Waals surface area contributed by atoms with E-state index >= 15 is 0 Å². The summed E-state index contributed by atoms with van der Waals surface area (Å²) in [5.41, 5.74) is 1.03. The van der Waals surface area contributed by atoms with Crippen molar-refractivity contribution < 1.29 is 9.47 Å². The number of ether oxygens (including phenoxy) is 2. The molecule has 2 atom stereocenters. The first-order chi connectivity index (χ1) is 8.20. The molecule has 94 valence electrons. The van der Waals surface area contributed by atoms with Gasteiger partial charge in [0.15, 0.2) is 0 Å². The largest absolute Gasteiger partial charge is 0.496 e. The van der Waals surface area contributed by atoms with Gasteiger partial charge in [0.1, 0.15) is 5.75 Å². The van der Waals surface area contributed by atoms with Gasteiger partial charge in [-0.2, -0.15) is 0 Å². The number of hydrogen-bond acceptors (Lipinski definition) is 2. The fourth-order valence-corrected chi connectivity index (χ4v) is 2.89. The van der Waals surface area contributed by atoms with E-state index in [1.165, 1.54) is 0 Å². The van der Waals surface area contributed by atoms with Crippen molar-refractivity contribution in [1.29, 1.82) is 0 Å². The first-order valence-electron chi connectivity index (χ1n) is 5.80. The van der Waals surface area contributed by atoms with E-state index < -0.39 is 0 Å². The van der Waals surface area contributed by atoms with Gasteiger partial charge in [-0.1, -0.05) is 15.9 Å². The molecule has 0 bridgehead atoms. The predicted molar refractivity (Wildman–Crippen MR) is 72.9 cm³/mol. The van der Waals surface area contributed by atoms with Crippen molar-refractivity contribution in [3.63, 3.8) is 0 Å². The van der Waals surface area contributed by atoms with Crippen LogP contribution >= 0.6 is 27.5 Å². The van der Waals surface area contributed by atoms with Gasteiger partial charge in [0.2, 0.25) is 0 Å². The van der Waals surface area contributed by atoms with Gasteiger partial charge >= 0.3 is 0 Å². The minimum atomic E-state index is -0.0643. The van der Waals surface area contributed by atoms with Gasteiger partial charge in [0.25, 0.3) is 0 Å². The summed E-state index contributed by atoms with van der Waals surface area (Å²) in [6.45, 7) is 0.865. The van der Waals surface area contributed by atoms with Crippen LogP contribution in [0.3, 0.4) is 0 Å². The molecular formula is C13H16BrClO2. The summed E-state index contributed by atoms with van der Waals surface area (Å²) < 4.78 is 12.0. The summed E-state index contributed by atoms with van der Waals surface area (Å²) in [6.07, 6.45) is 3.39. The van der Waals surface area contributed by atoms with Gasteiger partial charge in [-0.15, -0.1) is 11.6 Å². The molecule has 0 aliphatic carbocycles. The lowest BCUT2D eigenvalue weighted by Gasteiger charge is -2.17. The second kappa shape index (κ2) is 6.07. The van der Waals surface area contributed by atoms with Gasteiger partial charge in [-0.3, -0.25) is 0 Å². The standard InChI is InChI=1S/C13H16BrClO2/c1-16-13-5-4-9(14)7-11(13)12(15)8-10-3-2-6-17-10/h4-5,7,10,12H,2-3,6,8H2,1H3. The molecule has 1 aromatic carbocycles. The normalized spacial score (nSPS) is 21.5. The van der Waals surface area contributed by atoms with Crippen molar-refractivity contribution in [2.24, 2.45) is 0 Å². The fraction of sp³-hybridized carbons (Fsp3) is 0.538. The second-order valence-corrected chi connectivity index (χ2v) is 5.67. The molecule has 4 heteroatoms. The number of methoxy groups -OCH3 is 1. The molecule has 1 aromatic rings. The Morgan fingerprint density at radius 2 is 2.41 bits per heavy atom. The third-order valence-electron chi connectivity index (χ3n) is 3.02. The van der Waals surface area contributed by atoms with Crippen LogP contribution in [0.25, 0.3) is 0 Å². The van der Waals surface area contributed by atoms with Crippen LogP contribution in [0, 0.1) is 0 Å². The quantitative estimate of drug-likeness (QED) is 0.770. The zero-order valence-corrected chi connectivity index (χ0v) is 12.1. The highest BCUT2D eigenvalue weighted by Gasteiger charge is 2.22. The minimum Gasteiger partial charge on any atom is -0.496 e. The molecule has 2 nitrogen and oxygen atoms in total. The molecular weight excluding hydrogens is 303 g/mol. The van der Waals surface area contributed by atoms with Gasteiger partial charge in [-0.05, 0) is 37.5 Å². The third kappa shape index (κ3) is 3.36. The first-order valence-corrected chi connectivity index (χ1v) is 7.02. The van der Waals surface area contributed by atoms with Crippen molar-refractivity contribution in [3.05, 3.63) is 28.2 Å². The van der Waals surface area contributed by atoms with Gasteiger partial charge in [0, 0.05) is 16.6 Å². The maximum absolute atomic E-state index is 6.46. The molecule has 17 heavy (non-hydrogen) atoms. The van der Waals surface area contributed by atoms with Crippen molar-refractivity contribution in [2.75, 3.05) is 13.7 Å². The predicted octanol–water partition coefficient (Wildman–Crippen LogP) is 4.31. The van der Waals surface area contributed by atoms with Crippen molar-refractivity contribution in [3.8, 4) is 5.75 Å². The summed E-state index contributed by atoms with van der Waals surface area (Å²) >= 11 is 9.92. The van der Waals surface area contributed by atoms with E-state index in [0.717, 1.165) is 41.7 Å². The maximum atomic E-state index is 6.46. The Hall–Kier alpha value is -0.250. The molecule has 1 heterocycles. The smallest absolute Gasteiger partial charge is 0.123 e. The lowest BCUT2D eigenvalue weighted by Crippen LogP contribution is -2.09. The second-order valence-electron chi connectivity index (χ2n) is 4.22. The van der Waals surface area contributed by atoms with Crippen LogP contribution in [0.15, 0.2) is 22.7 Å². The topological polar surface area (TPSA) is 18.5 Å². The minimum absolute atomic E-state index is 0.0643. The van der Waals surface area contributed by atoms with Gasteiger partial charge in [-0.25, -0.2) is 0 Å². The molecule has 1 aliphatic heterocycles. The number of alkyl halides is 1. The summed E-state index contributed by atoms with van der Waals surface area (Å²) in [5, 5.41) is -0.0643. The van der Waals surface area contributed by atoms with E-state index in [2.05, 4.69) is 15.9 Å². The summed E-state index contributed by atoms with van der Waals surface area (Å²) in [4.78, 5) is 0. The monoisotopic (exact) mass is 318 g/mol. The highest BCUT2D eigenvalue weighted by atomic mass is 79.9. The molecule has 1 fully saturated rings. The maximum Gasteiger partial charge on any atom is 0.123 e. The average Bonchev–Trinajstić information content (AvgIpc) is 2.81. The van der Waals surface area contributed by atoms with Crippen LogP contribution < -0.4 is 4.74 Å². The molecule has 0 aromatic heterocycles. The zero-order valence-electron chi connectivity index (χ0n) is 9.79. The Balaban J connectivity index is 2.11. The third-order valence-corrected chi connectivity index (χ3v) is 3.93. The summed E-state index contributed by atoms with van der Waals surface area (Å²) in [7, 11) is 1.67. The molecule has 0 saturated carbocycles.